The normalized spacial score (nSPS) is 15.7. The fraction of sp³-hybridized carbons (Fsp3) is 0.364. The molecular weight excluding hydrogens is 1010 g/mol. The molecule has 0 spiro atoms. The first-order valence-corrected chi connectivity index (χ1v) is 27.5. The van der Waals surface area contributed by atoms with Crippen molar-refractivity contribution in [2.75, 3.05) is 13.1 Å². The number of Topliss-reactive ketones (excluding diaryl/α,β-unsaturated/α-hetero) is 2. The first kappa shape index (κ1) is 57.9. The van der Waals surface area contributed by atoms with Crippen LogP contribution >= 0.6 is 0 Å². The monoisotopic (exact) mass is 1080 g/mol. The number of hydrogen-bond donors (Lipinski definition) is 6. The third-order valence-electron chi connectivity index (χ3n) is 16.5. The van der Waals surface area contributed by atoms with Gasteiger partial charge in [0, 0.05) is 101 Å². The highest BCUT2D eigenvalue weighted by Gasteiger charge is 2.44. The molecule has 14 nitrogen and oxygen atoms in total. The second-order valence-corrected chi connectivity index (χ2v) is 23.0. The highest BCUT2D eigenvalue weighted by molar-refractivity contribution is 6.31. The molecule has 6 aromatic rings. The van der Waals surface area contributed by atoms with Gasteiger partial charge in [0.1, 0.15) is 23.0 Å². The lowest BCUT2D eigenvalue weighted by Gasteiger charge is -2.32. The number of fused-ring (bicyclic) bond motifs is 6. The molecule has 14 heteroatoms. The van der Waals surface area contributed by atoms with Gasteiger partial charge in [-0.25, -0.2) is 0 Å². The Balaban J connectivity index is 0.000000204. The molecule has 10 rings (SSSR count). The number of aromatic hydroxyl groups is 4. The van der Waals surface area contributed by atoms with E-state index in [1.165, 1.54) is 12.2 Å². The Morgan fingerprint density at radius 3 is 1.20 bits per heavy atom. The lowest BCUT2D eigenvalue weighted by atomic mass is 9.69. The number of aliphatic imine (C=N–C) groups is 2. The van der Waals surface area contributed by atoms with E-state index in [1.54, 1.807) is 39.8 Å². The summed E-state index contributed by atoms with van der Waals surface area (Å²) < 4.78 is 0. The van der Waals surface area contributed by atoms with Crippen molar-refractivity contribution in [2.45, 2.75) is 128 Å². The molecule has 2 aromatic heterocycles. The van der Waals surface area contributed by atoms with Crippen LogP contribution in [-0.2, 0) is 32.0 Å². The number of aryl methyl sites for hydroxylation is 2. The minimum atomic E-state index is -0.948. The third kappa shape index (κ3) is 9.98. The van der Waals surface area contributed by atoms with E-state index in [2.05, 4.69) is 53.3 Å². The van der Waals surface area contributed by atoms with E-state index in [-0.39, 0.29) is 92.1 Å². The van der Waals surface area contributed by atoms with E-state index in [0.29, 0.717) is 75.5 Å². The van der Waals surface area contributed by atoms with Crippen molar-refractivity contribution in [1.29, 1.82) is 0 Å². The number of carbonyl (C=O) groups excluding carboxylic acids is 4. The predicted octanol–water partition coefficient (Wildman–Crippen LogP) is 12.9. The van der Waals surface area contributed by atoms with Crippen LogP contribution in [0.1, 0.15) is 154 Å². The maximum Gasteiger partial charge on any atom is 0.186 e. The zero-order chi connectivity index (χ0) is 58.7. The van der Waals surface area contributed by atoms with Gasteiger partial charge in [-0.2, -0.15) is 0 Å². The first-order valence-electron chi connectivity index (χ1n) is 27.5. The molecule has 0 amide bonds. The summed E-state index contributed by atoms with van der Waals surface area (Å²) in [4.78, 5) is 85.8. The Morgan fingerprint density at radius 1 is 0.487 bits per heavy atom. The van der Waals surface area contributed by atoms with Crippen LogP contribution in [0.5, 0.6) is 23.0 Å². The maximum absolute atomic E-state index is 14.1. The van der Waals surface area contributed by atoms with Gasteiger partial charge >= 0.3 is 0 Å². The van der Waals surface area contributed by atoms with E-state index in [1.807, 2.05) is 62.3 Å². The van der Waals surface area contributed by atoms with Crippen LogP contribution in [0.3, 0.4) is 0 Å². The number of aromatic amines is 2. The number of allylic oxidation sites excluding steroid dienone is 8. The average molecular weight is 1080 g/mol. The minimum absolute atomic E-state index is 0.0547. The van der Waals surface area contributed by atoms with Crippen LogP contribution in [0.4, 0.5) is 0 Å². The Kier molecular flexibility index (Phi) is 16.3. The lowest BCUT2D eigenvalue weighted by molar-refractivity contribution is -0.117. The molecule has 2 aliphatic heterocycles. The van der Waals surface area contributed by atoms with Gasteiger partial charge in [0.25, 0.3) is 0 Å². The van der Waals surface area contributed by atoms with E-state index in [0.717, 1.165) is 61.9 Å². The summed E-state index contributed by atoms with van der Waals surface area (Å²) in [6.07, 6.45) is 4.30. The van der Waals surface area contributed by atoms with Crippen LogP contribution in [0, 0.1) is 55.4 Å². The minimum Gasteiger partial charge on any atom is -0.508 e. The van der Waals surface area contributed by atoms with E-state index >= 15 is 0 Å². The zero-order valence-corrected chi connectivity index (χ0v) is 48.2. The lowest BCUT2D eigenvalue weighted by Crippen LogP contribution is -2.37. The Hall–Kier alpha value is -8.26. The number of carbonyl (C=O) groups is 4. The van der Waals surface area contributed by atoms with Crippen LogP contribution in [0.2, 0.25) is 0 Å². The number of ketones is 4. The van der Waals surface area contributed by atoms with Crippen molar-refractivity contribution in [2.24, 2.45) is 27.7 Å². The molecule has 0 fully saturated rings. The van der Waals surface area contributed by atoms with Gasteiger partial charge in [-0.3, -0.25) is 29.2 Å². The summed E-state index contributed by atoms with van der Waals surface area (Å²) in [5.41, 5.74) is 14.3. The molecule has 4 heterocycles. The van der Waals surface area contributed by atoms with Crippen molar-refractivity contribution in [3.63, 3.8) is 0 Å². The van der Waals surface area contributed by atoms with Crippen molar-refractivity contribution >= 4 is 56.4 Å². The Labute approximate surface area is 466 Å². The summed E-state index contributed by atoms with van der Waals surface area (Å²) in [5, 5.41) is 47.8. The van der Waals surface area contributed by atoms with Crippen LogP contribution in [0.15, 0.2) is 104 Å². The number of aromatic nitrogens is 2. The molecule has 4 aliphatic rings. The smallest absolute Gasteiger partial charge is 0.186 e. The molecular formula is C66H72N4O10. The molecule has 0 atom stereocenters. The molecule has 0 unspecified atom stereocenters. The number of nitrogens with one attached hydrogen (secondary N) is 2. The van der Waals surface area contributed by atoms with Crippen molar-refractivity contribution < 1.29 is 39.6 Å². The topological polar surface area (TPSA) is 240 Å². The summed E-state index contributed by atoms with van der Waals surface area (Å²) in [6, 6.07) is 15.8. The van der Waals surface area contributed by atoms with Crippen molar-refractivity contribution in [3.8, 4) is 23.0 Å². The second-order valence-electron chi connectivity index (χ2n) is 23.0. The molecule has 0 bridgehead atoms. The molecule has 4 aromatic carbocycles. The summed E-state index contributed by atoms with van der Waals surface area (Å²) >= 11 is 0. The van der Waals surface area contributed by atoms with Gasteiger partial charge in [-0.05, 0) is 148 Å². The molecule has 0 saturated carbocycles. The third-order valence-corrected chi connectivity index (χ3v) is 16.5. The largest absolute Gasteiger partial charge is 0.508 e. The van der Waals surface area contributed by atoms with Crippen LogP contribution in [-0.4, -0.2) is 78.0 Å². The number of phenols is 4. The van der Waals surface area contributed by atoms with Gasteiger partial charge in [-0.15, -0.1) is 0 Å². The number of benzene rings is 4. The number of H-pyrrole nitrogens is 2. The van der Waals surface area contributed by atoms with E-state index in [9.17, 15) is 39.6 Å². The average Bonchev–Trinajstić information content (AvgIpc) is 3.99. The fourth-order valence-electron chi connectivity index (χ4n) is 12.0. The number of nitrogens with zero attached hydrogens (tertiary/aromatic N) is 2. The van der Waals surface area contributed by atoms with Gasteiger partial charge in [-0.1, -0.05) is 79.7 Å². The second kappa shape index (κ2) is 22.5. The van der Waals surface area contributed by atoms with Gasteiger partial charge in [0.05, 0.1) is 34.6 Å². The van der Waals surface area contributed by atoms with Crippen LogP contribution in [0.25, 0.3) is 21.8 Å². The van der Waals surface area contributed by atoms with E-state index in [4.69, 9.17) is 19.9 Å². The number of rotatable bonds is 10. The Bertz CT molecular complexity index is 3670. The molecule has 2 aliphatic carbocycles. The first-order chi connectivity index (χ1) is 37.8. The zero-order valence-electron chi connectivity index (χ0n) is 48.2. The molecule has 0 radical (unpaired) electrons. The molecule has 80 heavy (non-hydrogen) atoms. The number of phenolic OH excluding ortho intramolecular Hbond substituents is 4. The van der Waals surface area contributed by atoms with Gasteiger partial charge in [0.15, 0.2) is 23.1 Å². The fourth-order valence-corrected chi connectivity index (χ4v) is 12.0. The Morgan fingerprint density at radius 2 is 0.850 bits per heavy atom. The van der Waals surface area contributed by atoms with Gasteiger partial charge in [0.2, 0.25) is 0 Å². The maximum atomic E-state index is 14.1. The number of hydrogen-bond acceptors (Lipinski definition) is 12. The predicted molar refractivity (Wildman–Crippen MR) is 317 cm³/mol. The summed E-state index contributed by atoms with van der Waals surface area (Å²) in [5.74, 6) is -2.94. The quantitative estimate of drug-likeness (QED) is 0.0560. The van der Waals surface area contributed by atoms with Crippen molar-refractivity contribution in [3.05, 3.63) is 171 Å². The van der Waals surface area contributed by atoms with Crippen molar-refractivity contribution in [1.82, 2.24) is 9.97 Å². The molecule has 0 saturated heterocycles. The van der Waals surface area contributed by atoms with Crippen LogP contribution < -0.4 is 0 Å². The standard InChI is InChI=1S/C33H38N2O4.C33H34N2O4.O2/c2*1-15(2)22-13-25(36)18(6)27(32(22)38)29(28-19(7)26(37)14-23(16(3)4)33(28)39)31-30-21(10-11-34-31)20-9-8-17(5)12-24(20)35-30;1-2/h8-9,12-16,29,35-39H,10-11H2,1-7H3;8-9,12-16,29,35H,10-11H2,1-7H3;. The highest BCUT2D eigenvalue weighted by Crippen LogP contribution is 2.51. The van der Waals surface area contributed by atoms with Gasteiger partial charge < -0.3 is 30.4 Å². The SMILES string of the molecule is CC1=C(C(C2=NCCc3c2[nH]c2cc(C)ccc32)C2=C(C)C(=O)C=C(C(C)C)C2=O)C(=O)C(C(C)C)=CC1=O.Cc1ccc2c3c([nH]c2c1)C(C(c1c(C)c(O)cc(C(C)C)c1O)c1c(C)c(O)cc(C(C)C)c1O)=NCC3.O=O. The summed E-state index contributed by atoms with van der Waals surface area (Å²) in [7, 11) is 0. The highest BCUT2D eigenvalue weighted by atomic mass is 16.7. The molecule has 6 N–H and O–H groups in total. The summed E-state index contributed by atoms with van der Waals surface area (Å²) in [6.45, 7) is 27.3. The van der Waals surface area contributed by atoms with E-state index < -0.39 is 11.8 Å². The molecule has 416 valence electrons.